The van der Waals surface area contributed by atoms with Gasteiger partial charge in [0.2, 0.25) is 23.5 Å². The van der Waals surface area contributed by atoms with E-state index in [1.54, 1.807) is 105 Å². The van der Waals surface area contributed by atoms with Crippen molar-refractivity contribution in [2.24, 2.45) is 5.41 Å². The Balaban J connectivity index is 0.000000266. The molecule has 0 bridgehead atoms. The molecule has 0 saturated carbocycles. The third-order valence-electron chi connectivity index (χ3n) is 17.2. The molecule has 0 aliphatic carbocycles. The van der Waals surface area contributed by atoms with Crippen molar-refractivity contribution in [1.29, 1.82) is 0 Å². The molecule has 8 aromatic rings. The van der Waals surface area contributed by atoms with Gasteiger partial charge in [-0.25, -0.2) is 19.9 Å². The van der Waals surface area contributed by atoms with Gasteiger partial charge in [0.1, 0.15) is 37.6 Å². The van der Waals surface area contributed by atoms with E-state index in [0.29, 0.717) is 136 Å². The van der Waals surface area contributed by atoms with E-state index in [0.717, 1.165) is 46.2 Å². The molecule has 4 aromatic heterocycles. The molecule has 0 N–H and O–H groups in total. The molecule has 0 fully saturated rings. The van der Waals surface area contributed by atoms with E-state index in [1.807, 2.05) is 104 Å². The lowest BCUT2D eigenvalue weighted by Gasteiger charge is -2.37. The Kier molecular flexibility index (Phi) is 30.7. The van der Waals surface area contributed by atoms with Crippen LogP contribution in [0.3, 0.4) is 0 Å². The Morgan fingerprint density at radius 2 is 0.753 bits per heavy atom. The SMILES string of the molecule is C=Cc1ccc(COc2ccc(C(=O)N(CC)CC)cn2)cc1.C=Cc1ccc(COc2ncccc2C(=O)N(CC)CC)cc1.CCC(c1ccc(COc2ccc(C(=O)N(CC)CC)cn2)cc1)C(C)(C)CC(C)c1ccc(COc2ncccc2C(=O)N(CC)CC)cc1. The Morgan fingerprint density at radius 1 is 0.423 bits per heavy atom. The Morgan fingerprint density at radius 3 is 1.07 bits per heavy atom. The molecule has 4 amide bonds. The van der Waals surface area contributed by atoms with E-state index < -0.39 is 0 Å². The lowest BCUT2D eigenvalue weighted by atomic mass is 9.68. The standard InChI is InChI=1S/C43H56N4O4.2C19H22N2O2/c1-9-38(35-22-18-32(19-23-35)29-50-39-25-24-36(28-45-39)41(48)46(10-2)11-3)43(7,8)27-31(6)34-20-16-33(17-21-34)30-51-40-37(15-14-26-44-40)42(49)47(12-4)13-5;1-4-15-7-9-16(10-8-15)14-23-18-12-11-17(13-20-18)19(22)21(5-2)6-3;1-4-15-9-11-16(12-10-15)14-23-18-17(8-7-13-20-18)19(22)21(5-2)6-3/h14-26,28,31,38H,9-13,27,29-30H2,1-8H3;2*4,7-13H,1,5-6,14H2,2-3H3. The molecule has 0 spiro atoms. The van der Waals surface area contributed by atoms with Gasteiger partial charge in [0.25, 0.3) is 23.6 Å². The van der Waals surface area contributed by atoms with E-state index in [1.165, 1.54) is 11.1 Å². The number of benzene rings is 4. The minimum absolute atomic E-state index is 0.00550. The summed E-state index contributed by atoms with van der Waals surface area (Å²) < 4.78 is 23.4. The van der Waals surface area contributed by atoms with Crippen LogP contribution in [0.15, 0.2) is 184 Å². The zero-order chi connectivity index (χ0) is 70.3. The quantitative estimate of drug-likeness (QED) is 0.0392. The van der Waals surface area contributed by atoms with Crippen molar-refractivity contribution in [2.45, 2.75) is 134 Å². The minimum atomic E-state index is -0.0636. The van der Waals surface area contributed by atoms with Gasteiger partial charge in [-0.15, -0.1) is 0 Å². The zero-order valence-corrected chi connectivity index (χ0v) is 59.1. The van der Waals surface area contributed by atoms with Crippen LogP contribution in [0.1, 0.15) is 194 Å². The predicted molar refractivity (Wildman–Crippen MR) is 389 cm³/mol. The average Bonchev–Trinajstić information content (AvgIpc) is 0.921. The van der Waals surface area contributed by atoms with Gasteiger partial charge in [-0.05, 0) is 166 Å². The van der Waals surface area contributed by atoms with Crippen molar-refractivity contribution in [1.82, 2.24) is 39.5 Å². The van der Waals surface area contributed by atoms with Crippen LogP contribution in [0.25, 0.3) is 12.2 Å². The molecule has 0 radical (unpaired) electrons. The van der Waals surface area contributed by atoms with Gasteiger partial charge >= 0.3 is 0 Å². The second-order valence-corrected chi connectivity index (χ2v) is 24.0. The summed E-state index contributed by atoms with van der Waals surface area (Å²) in [4.78, 5) is 74.5. The summed E-state index contributed by atoms with van der Waals surface area (Å²) in [5.74, 6) is 2.37. The van der Waals surface area contributed by atoms with Gasteiger partial charge in [0.05, 0.1) is 11.1 Å². The van der Waals surface area contributed by atoms with Crippen LogP contribution in [-0.4, -0.2) is 116 Å². The fraction of sp³-hybridized carbons (Fsp3) is 0.358. The summed E-state index contributed by atoms with van der Waals surface area (Å²) >= 11 is 0. The highest BCUT2D eigenvalue weighted by atomic mass is 16.5. The molecule has 0 saturated heterocycles. The van der Waals surface area contributed by atoms with E-state index in [4.69, 9.17) is 18.9 Å². The van der Waals surface area contributed by atoms with Gasteiger partial charge in [-0.1, -0.05) is 150 Å². The second-order valence-electron chi connectivity index (χ2n) is 24.0. The number of rotatable bonds is 32. The van der Waals surface area contributed by atoms with Gasteiger partial charge in [0.15, 0.2) is 0 Å². The number of carbonyl (C=O) groups is 4. The first-order valence-corrected chi connectivity index (χ1v) is 34.0. The lowest BCUT2D eigenvalue weighted by molar-refractivity contribution is 0.0758. The highest BCUT2D eigenvalue weighted by Gasteiger charge is 2.32. The van der Waals surface area contributed by atoms with E-state index in [9.17, 15) is 19.2 Å². The maximum absolute atomic E-state index is 13.0. The number of hydrogen-bond donors (Lipinski definition) is 0. The van der Waals surface area contributed by atoms with Crippen molar-refractivity contribution in [3.05, 3.63) is 250 Å². The summed E-state index contributed by atoms with van der Waals surface area (Å²) in [6.45, 7) is 39.4. The van der Waals surface area contributed by atoms with E-state index >= 15 is 0 Å². The molecule has 0 aliphatic heterocycles. The van der Waals surface area contributed by atoms with E-state index in [-0.39, 0.29) is 29.0 Å². The van der Waals surface area contributed by atoms with Crippen molar-refractivity contribution in [3.8, 4) is 23.5 Å². The molecule has 4 heterocycles. The summed E-state index contributed by atoms with van der Waals surface area (Å²) in [5.41, 5.74) is 11.1. The van der Waals surface area contributed by atoms with Gasteiger partial charge in [-0.3, -0.25) is 19.2 Å². The topological polar surface area (TPSA) is 170 Å². The Labute approximate surface area is 576 Å². The molecule has 8 rings (SSSR count). The monoisotopic (exact) mass is 1310 g/mol. The second kappa shape index (κ2) is 39.2. The zero-order valence-electron chi connectivity index (χ0n) is 59.1. The van der Waals surface area contributed by atoms with Gasteiger partial charge in [-0.2, -0.15) is 0 Å². The molecule has 512 valence electrons. The normalized spacial score (nSPS) is 11.4. The predicted octanol–water partition coefficient (Wildman–Crippen LogP) is 16.9. The highest BCUT2D eigenvalue weighted by Crippen LogP contribution is 2.45. The summed E-state index contributed by atoms with van der Waals surface area (Å²) in [7, 11) is 0. The third kappa shape index (κ3) is 22.3. The largest absolute Gasteiger partial charge is 0.473 e. The molecule has 0 aliphatic rings. The first-order valence-electron chi connectivity index (χ1n) is 34.0. The lowest BCUT2D eigenvalue weighted by Crippen LogP contribution is -2.30. The number of pyridine rings is 4. The third-order valence-corrected chi connectivity index (χ3v) is 17.2. The molecule has 4 aromatic carbocycles. The van der Waals surface area contributed by atoms with Crippen LogP contribution in [0.2, 0.25) is 0 Å². The summed E-state index contributed by atoms with van der Waals surface area (Å²) in [6, 6.07) is 47.3. The van der Waals surface area contributed by atoms with Crippen LogP contribution in [0.5, 0.6) is 23.5 Å². The van der Waals surface area contributed by atoms with Gasteiger partial charge in [0, 0.05) is 89.3 Å². The number of amides is 4. The van der Waals surface area contributed by atoms with Crippen molar-refractivity contribution < 1.29 is 38.1 Å². The highest BCUT2D eigenvalue weighted by molar-refractivity contribution is 5.97. The fourth-order valence-electron chi connectivity index (χ4n) is 11.5. The number of carbonyl (C=O) groups excluding carboxylic acids is 4. The molecule has 97 heavy (non-hydrogen) atoms. The molecular weight excluding hydrogens is 1210 g/mol. The van der Waals surface area contributed by atoms with Crippen LogP contribution in [-0.2, 0) is 26.4 Å². The van der Waals surface area contributed by atoms with Crippen LogP contribution >= 0.6 is 0 Å². The van der Waals surface area contributed by atoms with Gasteiger partial charge < -0.3 is 38.5 Å². The van der Waals surface area contributed by atoms with Crippen molar-refractivity contribution in [2.75, 3.05) is 52.4 Å². The van der Waals surface area contributed by atoms with Crippen molar-refractivity contribution >= 4 is 35.8 Å². The number of nitrogens with zero attached hydrogens (tertiary/aromatic N) is 8. The molecule has 16 nitrogen and oxygen atoms in total. The maximum atomic E-state index is 13.0. The van der Waals surface area contributed by atoms with Crippen molar-refractivity contribution in [3.63, 3.8) is 0 Å². The Hall–Kier alpha value is -9.96. The molecule has 16 heteroatoms. The molecular formula is C81H100N8O8. The molecule has 2 atom stereocenters. The Bertz CT molecular complexity index is 3710. The maximum Gasteiger partial charge on any atom is 0.259 e. The van der Waals surface area contributed by atoms with Crippen LogP contribution in [0.4, 0.5) is 0 Å². The summed E-state index contributed by atoms with van der Waals surface area (Å²) in [6.07, 6.45) is 12.1. The average molecular weight is 1310 g/mol. The smallest absolute Gasteiger partial charge is 0.259 e. The van der Waals surface area contributed by atoms with E-state index in [2.05, 4.69) is 109 Å². The number of hydrogen-bond acceptors (Lipinski definition) is 12. The molecule has 2 unspecified atom stereocenters. The first-order chi connectivity index (χ1) is 46.9. The van der Waals surface area contributed by atoms with Crippen LogP contribution in [0, 0.1) is 5.41 Å². The van der Waals surface area contributed by atoms with Crippen LogP contribution < -0.4 is 18.9 Å². The minimum Gasteiger partial charge on any atom is -0.473 e. The first kappa shape index (κ1) is 76.1. The number of aromatic nitrogens is 4. The number of ether oxygens (including phenoxy) is 4. The summed E-state index contributed by atoms with van der Waals surface area (Å²) in [5, 5.41) is 0. The fourth-order valence-corrected chi connectivity index (χ4v) is 11.5.